The van der Waals surface area contributed by atoms with Gasteiger partial charge >= 0.3 is 0 Å². The molecule has 3 N–H and O–H groups in total. The van der Waals surface area contributed by atoms with Crippen LogP contribution >= 0.6 is 0 Å². The molecule has 0 atom stereocenters. The van der Waals surface area contributed by atoms with Gasteiger partial charge in [-0.2, -0.15) is 0 Å². The first-order chi connectivity index (χ1) is 8.24. The molecule has 0 aliphatic carbocycles. The fourth-order valence-corrected chi connectivity index (χ4v) is 1.07. The Hall–Kier alpha value is -2.42. The first-order valence-corrected chi connectivity index (χ1v) is 4.98. The number of hydrogen-bond acceptors (Lipinski definition) is 2. The van der Waals surface area contributed by atoms with E-state index in [0.29, 0.717) is 11.1 Å². The molecule has 2 aromatic carbocycles. The minimum Gasteiger partial charge on any atom is -0.384 e. The van der Waals surface area contributed by atoms with Crippen LogP contribution in [-0.4, -0.2) is 12.1 Å². The van der Waals surface area contributed by atoms with Crippen LogP contribution < -0.4 is 5.73 Å². The molecule has 0 fully saturated rings. The van der Waals surface area contributed by atoms with Crippen molar-refractivity contribution in [3.05, 3.63) is 71.8 Å². The van der Waals surface area contributed by atoms with Gasteiger partial charge in [-0.15, -0.1) is 0 Å². The van der Waals surface area contributed by atoms with Crippen LogP contribution in [0.15, 0.2) is 54.6 Å². The summed E-state index contributed by atoms with van der Waals surface area (Å²) in [5.74, 6) is 0.0654. The van der Waals surface area contributed by atoms with Crippen LogP contribution in [0.25, 0.3) is 0 Å². The fraction of sp³-hybridized carbons (Fsp3) is 0. The Balaban J connectivity index is 0.000000171. The Kier molecular flexibility index (Phi) is 5.17. The van der Waals surface area contributed by atoms with Crippen LogP contribution in [0.1, 0.15) is 11.1 Å². The highest BCUT2D eigenvalue weighted by molar-refractivity contribution is 5.94. The van der Waals surface area contributed by atoms with E-state index in [1.54, 1.807) is 42.7 Å². The van der Waals surface area contributed by atoms with Gasteiger partial charge < -0.3 is 5.73 Å². The molecule has 0 aliphatic rings. The number of benzene rings is 2. The second-order valence-corrected chi connectivity index (χ2v) is 3.16. The second-order valence-electron chi connectivity index (χ2n) is 3.16. The Labute approximate surface area is 100 Å². The third kappa shape index (κ3) is 4.75. The second kappa shape index (κ2) is 6.95. The molecule has 0 saturated heterocycles. The number of hydrogen-bond donors (Lipinski definition) is 2. The highest BCUT2D eigenvalue weighted by Crippen LogP contribution is 1.93. The van der Waals surface area contributed by atoms with Crippen molar-refractivity contribution in [1.29, 1.82) is 5.41 Å². The molecule has 17 heavy (non-hydrogen) atoms. The summed E-state index contributed by atoms with van der Waals surface area (Å²) in [4.78, 5) is 9.88. The summed E-state index contributed by atoms with van der Waals surface area (Å²) in [6.07, 6.45) is 1.78. The lowest BCUT2D eigenvalue weighted by Gasteiger charge is -1.92. The van der Waals surface area contributed by atoms with E-state index in [0.717, 1.165) is 0 Å². The molecular weight excluding hydrogens is 212 g/mol. The Morgan fingerprint density at radius 3 is 2.12 bits per heavy atom. The summed E-state index contributed by atoms with van der Waals surface area (Å²) in [7, 11) is 0. The summed E-state index contributed by atoms with van der Waals surface area (Å²) in [5.41, 5.74) is 6.42. The molecule has 3 heteroatoms. The lowest BCUT2D eigenvalue weighted by atomic mass is 10.2. The summed E-state index contributed by atoms with van der Waals surface area (Å²) >= 11 is 0. The van der Waals surface area contributed by atoms with E-state index in [2.05, 4.69) is 6.07 Å². The van der Waals surface area contributed by atoms with E-state index < -0.39 is 0 Å². The van der Waals surface area contributed by atoms with Crippen molar-refractivity contribution in [2.45, 2.75) is 0 Å². The summed E-state index contributed by atoms with van der Waals surface area (Å²) in [6, 6.07) is 18.9. The zero-order valence-electron chi connectivity index (χ0n) is 9.18. The Morgan fingerprint density at radius 2 is 1.76 bits per heavy atom. The molecule has 84 valence electrons. The van der Waals surface area contributed by atoms with Gasteiger partial charge in [0.15, 0.2) is 0 Å². The van der Waals surface area contributed by atoms with Crippen LogP contribution in [0.4, 0.5) is 0 Å². The van der Waals surface area contributed by atoms with Gasteiger partial charge in [0.25, 0.3) is 0 Å². The molecule has 3 nitrogen and oxygen atoms in total. The lowest BCUT2D eigenvalue weighted by Crippen LogP contribution is -2.10. The number of nitrogens with two attached hydrogens (primary N) is 1. The maximum atomic E-state index is 9.88. The SMILES string of the molecule is N=C(N)c1[c]cccc1.O=[C]c1ccccc1. The largest absolute Gasteiger partial charge is 0.384 e. The highest BCUT2D eigenvalue weighted by Gasteiger charge is 1.90. The number of amidine groups is 1. The number of carbonyl (C=O) groups excluding carboxylic acids is 1. The molecule has 0 bridgehead atoms. The molecule has 0 amide bonds. The lowest BCUT2D eigenvalue weighted by molar-refractivity contribution is 0.563. The maximum absolute atomic E-state index is 9.88. The van der Waals surface area contributed by atoms with Gasteiger partial charge in [0.05, 0.1) is 0 Å². The Bertz CT molecular complexity index is 466. The molecule has 0 aliphatic heterocycles. The predicted molar refractivity (Wildman–Crippen MR) is 67.5 cm³/mol. The van der Waals surface area contributed by atoms with E-state index in [9.17, 15) is 4.79 Å². The average Bonchev–Trinajstić information content (AvgIpc) is 2.41. The third-order valence-electron chi connectivity index (χ3n) is 1.89. The first kappa shape index (κ1) is 12.6. The van der Waals surface area contributed by atoms with E-state index in [-0.39, 0.29) is 5.84 Å². The van der Waals surface area contributed by atoms with Crippen molar-refractivity contribution >= 4 is 12.1 Å². The molecule has 0 heterocycles. The van der Waals surface area contributed by atoms with E-state index >= 15 is 0 Å². The van der Waals surface area contributed by atoms with E-state index in [1.165, 1.54) is 0 Å². The van der Waals surface area contributed by atoms with Crippen LogP contribution in [0.3, 0.4) is 0 Å². The van der Waals surface area contributed by atoms with Crippen LogP contribution in [-0.2, 0) is 4.79 Å². The van der Waals surface area contributed by atoms with Gasteiger partial charge in [0.1, 0.15) is 5.84 Å². The monoisotopic (exact) mass is 224 g/mol. The normalized spacial score (nSPS) is 8.71. The van der Waals surface area contributed by atoms with Crippen molar-refractivity contribution in [1.82, 2.24) is 0 Å². The van der Waals surface area contributed by atoms with Crippen molar-refractivity contribution < 1.29 is 4.79 Å². The summed E-state index contributed by atoms with van der Waals surface area (Å²) in [5, 5.41) is 6.98. The zero-order valence-corrected chi connectivity index (χ0v) is 9.18. The number of nitrogens with one attached hydrogen (secondary N) is 1. The maximum Gasteiger partial charge on any atom is 0.233 e. The summed E-state index contributed by atoms with van der Waals surface area (Å²) in [6.45, 7) is 0. The number of nitrogen functional groups attached to an aromatic ring is 1. The molecular formula is C14H12N2O. The third-order valence-corrected chi connectivity index (χ3v) is 1.89. The molecule has 0 saturated carbocycles. The highest BCUT2D eigenvalue weighted by atomic mass is 16.1. The molecule has 0 spiro atoms. The van der Waals surface area contributed by atoms with Gasteiger partial charge in [-0.25, -0.2) is 0 Å². The number of rotatable bonds is 2. The van der Waals surface area contributed by atoms with Crippen molar-refractivity contribution in [3.8, 4) is 0 Å². The van der Waals surface area contributed by atoms with Crippen LogP contribution in [0, 0.1) is 11.5 Å². The minimum atomic E-state index is 0.0654. The zero-order chi connectivity index (χ0) is 12.5. The molecule has 2 rings (SSSR count). The summed E-state index contributed by atoms with van der Waals surface area (Å²) < 4.78 is 0. The standard InChI is InChI=1S/C7H7N2.C7H5O/c8-7(9)6-4-2-1-3-5-6;8-6-7-4-2-1-3-5-7/h1-4H,(H3,8,9);1-5H. The van der Waals surface area contributed by atoms with Crippen molar-refractivity contribution in [2.24, 2.45) is 5.73 Å². The van der Waals surface area contributed by atoms with Crippen LogP contribution in [0.2, 0.25) is 0 Å². The fourth-order valence-electron chi connectivity index (χ4n) is 1.07. The van der Waals surface area contributed by atoms with Gasteiger partial charge in [0.2, 0.25) is 6.29 Å². The molecule has 0 aromatic heterocycles. The van der Waals surface area contributed by atoms with Crippen LogP contribution in [0.5, 0.6) is 0 Å². The smallest absolute Gasteiger partial charge is 0.233 e. The van der Waals surface area contributed by atoms with Gasteiger partial charge in [-0.05, 0) is 6.07 Å². The molecule has 2 radical (unpaired) electrons. The van der Waals surface area contributed by atoms with E-state index in [4.69, 9.17) is 11.1 Å². The first-order valence-electron chi connectivity index (χ1n) is 4.98. The van der Waals surface area contributed by atoms with E-state index in [1.807, 2.05) is 18.2 Å². The van der Waals surface area contributed by atoms with Gasteiger partial charge in [0, 0.05) is 11.1 Å². The quantitative estimate of drug-likeness (QED) is 0.604. The molecule has 0 unspecified atom stereocenters. The average molecular weight is 224 g/mol. The predicted octanol–water partition coefficient (Wildman–Crippen LogP) is 1.92. The minimum absolute atomic E-state index is 0.0654. The topological polar surface area (TPSA) is 66.9 Å². The molecule has 2 aromatic rings. The van der Waals surface area contributed by atoms with Gasteiger partial charge in [-0.3, -0.25) is 10.2 Å². The van der Waals surface area contributed by atoms with Gasteiger partial charge in [-0.1, -0.05) is 54.6 Å². The van der Waals surface area contributed by atoms with Crippen molar-refractivity contribution in [3.63, 3.8) is 0 Å². The Morgan fingerprint density at radius 1 is 1.12 bits per heavy atom. The van der Waals surface area contributed by atoms with Crippen molar-refractivity contribution in [2.75, 3.05) is 0 Å².